The molecule has 0 fully saturated rings. The summed E-state index contributed by atoms with van der Waals surface area (Å²) in [5, 5.41) is 5.21. The molecule has 24 heavy (non-hydrogen) atoms. The first-order chi connectivity index (χ1) is 11.7. The summed E-state index contributed by atoms with van der Waals surface area (Å²) in [7, 11) is 0. The number of benzene rings is 2. The number of carbonyl (C=O) groups excluding carboxylic acids is 1. The Kier molecular flexibility index (Phi) is 3.67. The lowest BCUT2D eigenvalue weighted by molar-refractivity contribution is 0.103. The number of thiophene rings is 1. The van der Waals surface area contributed by atoms with Crippen molar-refractivity contribution in [2.45, 2.75) is 6.92 Å². The summed E-state index contributed by atoms with van der Waals surface area (Å²) in [5.41, 5.74) is 3.05. The molecule has 0 aliphatic rings. The van der Waals surface area contributed by atoms with E-state index >= 15 is 0 Å². The molecule has 0 unspecified atom stereocenters. The smallest absolute Gasteiger partial charge is 0.265 e. The molecule has 1 N–H and O–H groups in total. The van der Waals surface area contributed by atoms with E-state index in [0.717, 1.165) is 21.8 Å². The fraction of sp³-hybridized carbons (Fsp3) is 0.0500. The molecule has 2 heterocycles. The molecule has 3 nitrogen and oxygen atoms in total. The van der Waals surface area contributed by atoms with E-state index in [0.29, 0.717) is 4.88 Å². The molecule has 1 amide bonds. The van der Waals surface area contributed by atoms with Crippen LogP contribution < -0.4 is 5.32 Å². The lowest BCUT2D eigenvalue weighted by atomic mass is 10.2. The Morgan fingerprint density at radius 3 is 2.62 bits per heavy atom. The quantitative estimate of drug-likeness (QED) is 0.546. The van der Waals surface area contributed by atoms with Crippen molar-refractivity contribution in [2.24, 2.45) is 0 Å². The van der Waals surface area contributed by atoms with Crippen LogP contribution in [0.2, 0.25) is 0 Å². The molecule has 0 bridgehead atoms. The van der Waals surface area contributed by atoms with E-state index in [1.54, 1.807) is 0 Å². The number of aryl methyl sites for hydroxylation is 1. The van der Waals surface area contributed by atoms with Gasteiger partial charge in [-0.3, -0.25) is 4.79 Å². The first kappa shape index (κ1) is 14.7. The lowest BCUT2D eigenvalue weighted by Gasteiger charge is -2.06. The Morgan fingerprint density at radius 1 is 0.958 bits per heavy atom. The Balaban J connectivity index is 1.63. The van der Waals surface area contributed by atoms with Gasteiger partial charge in [0, 0.05) is 11.9 Å². The van der Waals surface area contributed by atoms with Gasteiger partial charge in [0.25, 0.3) is 5.91 Å². The largest absolute Gasteiger partial charge is 0.321 e. The van der Waals surface area contributed by atoms with Crippen molar-refractivity contribution in [1.82, 2.24) is 4.57 Å². The van der Waals surface area contributed by atoms with Gasteiger partial charge in [-0.1, -0.05) is 36.4 Å². The standard InChI is InChI=1S/C20H16N2OS/c1-14-6-2-4-8-16(14)21-20(23)18-10-11-19(24-18)22-13-12-15-7-3-5-9-17(15)22/h2-13H,1H3,(H,21,23). The van der Waals surface area contributed by atoms with Crippen molar-refractivity contribution in [2.75, 3.05) is 5.32 Å². The molecular weight excluding hydrogens is 316 g/mol. The second kappa shape index (κ2) is 5.98. The molecule has 118 valence electrons. The van der Waals surface area contributed by atoms with Gasteiger partial charge < -0.3 is 9.88 Å². The summed E-state index contributed by atoms with van der Waals surface area (Å²) in [4.78, 5) is 13.2. The third kappa shape index (κ3) is 2.61. The molecule has 0 saturated carbocycles. The Hall–Kier alpha value is -2.85. The number of carbonyl (C=O) groups is 1. The predicted molar refractivity (Wildman–Crippen MR) is 100 cm³/mol. The van der Waals surface area contributed by atoms with E-state index in [-0.39, 0.29) is 5.91 Å². The van der Waals surface area contributed by atoms with Crippen molar-refractivity contribution in [3.63, 3.8) is 0 Å². The average Bonchev–Trinajstić information content (AvgIpc) is 3.23. The fourth-order valence-electron chi connectivity index (χ4n) is 2.75. The molecule has 4 heteroatoms. The number of hydrogen-bond acceptors (Lipinski definition) is 2. The average molecular weight is 332 g/mol. The molecule has 4 aromatic rings. The van der Waals surface area contributed by atoms with Gasteiger partial charge >= 0.3 is 0 Å². The number of aromatic nitrogens is 1. The molecule has 0 radical (unpaired) electrons. The highest BCUT2D eigenvalue weighted by Gasteiger charge is 2.12. The number of amides is 1. The third-order valence-electron chi connectivity index (χ3n) is 4.05. The third-order valence-corrected chi connectivity index (χ3v) is 5.13. The van der Waals surface area contributed by atoms with Gasteiger partial charge in [-0.15, -0.1) is 11.3 Å². The van der Waals surface area contributed by atoms with Crippen LogP contribution in [0.4, 0.5) is 5.69 Å². The molecule has 2 aromatic carbocycles. The van der Waals surface area contributed by atoms with E-state index in [1.165, 1.54) is 16.7 Å². The van der Waals surface area contributed by atoms with Crippen molar-refractivity contribution >= 4 is 33.8 Å². The second-order valence-electron chi connectivity index (χ2n) is 5.65. The minimum atomic E-state index is -0.0722. The van der Waals surface area contributed by atoms with Crippen molar-refractivity contribution in [3.05, 3.63) is 83.4 Å². The van der Waals surface area contributed by atoms with Crippen LogP contribution in [0.3, 0.4) is 0 Å². The van der Waals surface area contributed by atoms with Gasteiger partial charge in [-0.25, -0.2) is 0 Å². The minimum Gasteiger partial charge on any atom is -0.321 e. The SMILES string of the molecule is Cc1ccccc1NC(=O)c1ccc(-n2ccc3ccccc32)s1. The van der Waals surface area contributed by atoms with Crippen LogP contribution in [0, 0.1) is 6.92 Å². The maximum atomic E-state index is 12.5. The van der Waals surface area contributed by atoms with Gasteiger partial charge in [0.2, 0.25) is 0 Å². The maximum Gasteiger partial charge on any atom is 0.265 e. The number of fused-ring (bicyclic) bond motifs is 1. The number of para-hydroxylation sites is 2. The molecule has 0 saturated heterocycles. The highest BCUT2D eigenvalue weighted by atomic mass is 32.1. The fourth-order valence-corrected chi connectivity index (χ4v) is 3.65. The van der Waals surface area contributed by atoms with Gasteiger partial charge in [0.15, 0.2) is 0 Å². The molecule has 2 aromatic heterocycles. The normalized spacial score (nSPS) is 10.9. The molecule has 0 spiro atoms. The molecular formula is C20H16N2OS. The number of nitrogens with one attached hydrogen (secondary N) is 1. The van der Waals surface area contributed by atoms with Crippen molar-refractivity contribution in [1.29, 1.82) is 0 Å². The first-order valence-corrected chi connectivity index (χ1v) is 8.57. The van der Waals surface area contributed by atoms with E-state index < -0.39 is 0 Å². The summed E-state index contributed by atoms with van der Waals surface area (Å²) in [6.07, 6.45) is 2.04. The Labute approximate surface area is 144 Å². The molecule has 0 aliphatic carbocycles. The highest BCUT2D eigenvalue weighted by molar-refractivity contribution is 7.16. The summed E-state index contributed by atoms with van der Waals surface area (Å²) in [5.74, 6) is -0.0722. The maximum absolute atomic E-state index is 12.5. The van der Waals surface area contributed by atoms with Crippen LogP contribution in [0.1, 0.15) is 15.2 Å². The Bertz CT molecular complexity index is 1030. The molecule has 0 atom stereocenters. The second-order valence-corrected chi connectivity index (χ2v) is 6.71. The predicted octanol–water partition coefficient (Wildman–Crippen LogP) is 5.25. The van der Waals surface area contributed by atoms with Crippen molar-refractivity contribution < 1.29 is 4.79 Å². The lowest BCUT2D eigenvalue weighted by Crippen LogP contribution is -2.10. The van der Waals surface area contributed by atoms with Crippen LogP contribution in [0.15, 0.2) is 72.9 Å². The van der Waals surface area contributed by atoms with Crippen LogP contribution in [0.25, 0.3) is 15.9 Å². The summed E-state index contributed by atoms with van der Waals surface area (Å²) in [6.45, 7) is 1.99. The zero-order chi connectivity index (χ0) is 16.5. The number of nitrogens with zero attached hydrogens (tertiary/aromatic N) is 1. The van der Waals surface area contributed by atoms with Crippen LogP contribution >= 0.6 is 11.3 Å². The van der Waals surface area contributed by atoms with E-state index in [4.69, 9.17) is 0 Å². The van der Waals surface area contributed by atoms with Gasteiger partial charge in [-0.2, -0.15) is 0 Å². The Morgan fingerprint density at radius 2 is 1.75 bits per heavy atom. The van der Waals surface area contributed by atoms with E-state index in [2.05, 4.69) is 28.1 Å². The molecule has 0 aliphatic heterocycles. The van der Waals surface area contributed by atoms with Crippen molar-refractivity contribution in [3.8, 4) is 5.00 Å². The van der Waals surface area contributed by atoms with Gasteiger partial charge in [0.1, 0.15) is 5.00 Å². The number of hydrogen-bond donors (Lipinski definition) is 1. The summed E-state index contributed by atoms with van der Waals surface area (Å²) >= 11 is 1.49. The summed E-state index contributed by atoms with van der Waals surface area (Å²) < 4.78 is 2.12. The topological polar surface area (TPSA) is 34.0 Å². The first-order valence-electron chi connectivity index (χ1n) is 7.76. The number of anilines is 1. The zero-order valence-electron chi connectivity index (χ0n) is 13.2. The van der Waals surface area contributed by atoms with E-state index in [1.807, 2.05) is 61.7 Å². The monoisotopic (exact) mass is 332 g/mol. The van der Waals surface area contributed by atoms with Crippen LogP contribution in [-0.4, -0.2) is 10.5 Å². The molecule has 4 rings (SSSR count). The van der Waals surface area contributed by atoms with Gasteiger partial charge in [0.05, 0.1) is 10.4 Å². The summed E-state index contributed by atoms with van der Waals surface area (Å²) in [6, 6.07) is 22.0. The van der Waals surface area contributed by atoms with Crippen LogP contribution in [0.5, 0.6) is 0 Å². The zero-order valence-corrected chi connectivity index (χ0v) is 14.0. The van der Waals surface area contributed by atoms with Crippen LogP contribution in [-0.2, 0) is 0 Å². The van der Waals surface area contributed by atoms with Gasteiger partial charge in [-0.05, 0) is 48.2 Å². The van der Waals surface area contributed by atoms with E-state index in [9.17, 15) is 4.79 Å². The highest BCUT2D eigenvalue weighted by Crippen LogP contribution is 2.27. The number of rotatable bonds is 3. The minimum absolute atomic E-state index is 0.0722.